The number of aromatic nitrogens is 1. The fourth-order valence-electron chi connectivity index (χ4n) is 1.40. The number of benzene rings is 1. The first kappa shape index (κ1) is 12.8. The zero-order valence-corrected chi connectivity index (χ0v) is 10.4. The van der Waals surface area contributed by atoms with Crippen molar-refractivity contribution < 1.29 is 14.2 Å². The lowest BCUT2D eigenvalue weighted by Crippen LogP contribution is -1.94. The molecular formula is C13H11ClFNO2. The van der Waals surface area contributed by atoms with E-state index in [0.717, 1.165) is 0 Å². The molecule has 0 saturated carbocycles. The molecule has 5 heteroatoms. The van der Waals surface area contributed by atoms with E-state index in [9.17, 15) is 9.50 Å². The summed E-state index contributed by atoms with van der Waals surface area (Å²) in [6.07, 6.45) is 0.926. The predicted octanol–water partition coefficient (Wildman–Crippen LogP) is 3.72. The Balaban J connectivity index is 2.23. The maximum absolute atomic E-state index is 13.0. The number of hydrogen-bond donors (Lipinski definition) is 1. The van der Waals surface area contributed by atoms with Gasteiger partial charge in [-0.2, -0.15) is 0 Å². The maximum atomic E-state index is 13.0. The Morgan fingerprint density at radius 2 is 2.11 bits per heavy atom. The van der Waals surface area contributed by atoms with E-state index in [1.54, 1.807) is 19.1 Å². The molecule has 18 heavy (non-hydrogen) atoms. The molecule has 0 saturated heterocycles. The average Bonchev–Trinajstić information content (AvgIpc) is 2.34. The molecule has 1 aromatic carbocycles. The zero-order chi connectivity index (χ0) is 13.1. The Morgan fingerprint density at radius 3 is 2.78 bits per heavy atom. The van der Waals surface area contributed by atoms with Crippen LogP contribution in [0.4, 0.5) is 4.39 Å². The highest BCUT2D eigenvalue weighted by Gasteiger charge is 2.06. The molecule has 3 nitrogen and oxygen atoms in total. The highest BCUT2D eigenvalue weighted by Crippen LogP contribution is 2.26. The molecule has 1 heterocycles. The third kappa shape index (κ3) is 2.97. The van der Waals surface area contributed by atoms with E-state index >= 15 is 0 Å². The van der Waals surface area contributed by atoms with Gasteiger partial charge in [0.25, 0.3) is 0 Å². The molecule has 0 aliphatic heterocycles. The smallest absolute Gasteiger partial charge is 0.219 e. The average molecular weight is 268 g/mol. The molecule has 1 atom stereocenters. The van der Waals surface area contributed by atoms with Crippen LogP contribution in [-0.2, 0) is 0 Å². The number of hydrogen-bond acceptors (Lipinski definition) is 3. The number of rotatable bonds is 3. The van der Waals surface area contributed by atoms with Gasteiger partial charge in [-0.1, -0.05) is 11.6 Å². The molecule has 0 aliphatic rings. The van der Waals surface area contributed by atoms with Gasteiger partial charge in [-0.3, -0.25) is 0 Å². The molecule has 0 radical (unpaired) electrons. The summed E-state index contributed by atoms with van der Waals surface area (Å²) < 4.78 is 18.4. The van der Waals surface area contributed by atoms with E-state index in [2.05, 4.69) is 4.98 Å². The molecule has 0 amide bonds. The molecule has 0 aliphatic carbocycles. The van der Waals surface area contributed by atoms with E-state index in [1.807, 2.05) is 0 Å². The summed E-state index contributed by atoms with van der Waals surface area (Å²) in [7, 11) is 0. The summed E-state index contributed by atoms with van der Waals surface area (Å²) in [6, 6.07) is 7.35. The molecule has 0 fully saturated rings. The topological polar surface area (TPSA) is 42.4 Å². The molecule has 0 bridgehead atoms. The Hall–Kier alpha value is -1.65. The van der Waals surface area contributed by atoms with Crippen LogP contribution < -0.4 is 4.74 Å². The first-order valence-electron chi connectivity index (χ1n) is 5.33. The largest absolute Gasteiger partial charge is 0.439 e. The van der Waals surface area contributed by atoms with Crippen LogP contribution in [0.5, 0.6) is 11.6 Å². The summed E-state index contributed by atoms with van der Waals surface area (Å²) in [5.41, 5.74) is 0.688. The van der Waals surface area contributed by atoms with Crippen molar-refractivity contribution in [2.75, 3.05) is 0 Å². The lowest BCUT2D eigenvalue weighted by atomic mass is 10.2. The van der Waals surface area contributed by atoms with E-state index < -0.39 is 11.9 Å². The minimum Gasteiger partial charge on any atom is -0.439 e. The molecule has 94 valence electrons. The van der Waals surface area contributed by atoms with Gasteiger partial charge < -0.3 is 9.84 Å². The van der Waals surface area contributed by atoms with Gasteiger partial charge in [-0.25, -0.2) is 9.37 Å². The molecular weight excluding hydrogens is 257 g/mol. The lowest BCUT2D eigenvalue weighted by Gasteiger charge is -2.08. The van der Waals surface area contributed by atoms with Gasteiger partial charge in [0.05, 0.1) is 11.1 Å². The molecule has 0 spiro atoms. The molecule has 2 rings (SSSR count). The fourth-order valence-corrected chi connectivity index (χ4v) is 1.57. The number of pyridine rings is 1. The number of ether oxygens (including phenoxy) is 1. The first-order chi connectivity index (χ1) is 8.56. The van der Waals surface area contributed by atoms with Crippen LogP contribution in [0.15, 0.2) is 36.5 Å². The highest BCUT2D eigenvalue weighted by molar-refractivity contribution is 6.30. The van der Waals surface area contributed by atoms with Crippen LogP contribution >= 0.6 is 11.6 Å². The summed E-state index contributed by atoms with van der Waals surface area (Å²) in [4.78, 5) is 4.00. The number of aliphatic hydroxyl groups is 1. The molecule has 0 unspecified atom stereocenters. The van der Waals surface area contributed by atoms with Gasteiger partial charge in [-0.15, -0.1) is 0 Å². The summed E-state index contributed by atoms with van der Waals surface area (Å²) >= 11 is 5.65. The van der Waals surface area contributed by atoms with E-state index in [1.165, 1.54) is 24.4 Å². The second kappa shape index (κ2) is 5.33. The van der Waals surface area contributed by atoms with Crippen molar-refractivity contribution >= 4 is 11.6 Å². The standard InChI is InChI=1S/C13H11ClFNO2/c1-8(17)9-4-5-16-13(6-9)18-10-2-3-12(15)11(14)7-10/h2-8,17H,1H3/t8-/m0/s1. The highest BCUT2D eigenvalue weighted by atomic mass is 35.5. The van der Waals surface area contributed by atoms with Crippen molar-refractivity contribution in [1.82, 2.24) is 4.98 Å². The molecule has 1 N–H and O–H groups in total. The van der Waals surface area contributed by atoms with Gasteiger partial charge in [0, 0.05) is 18.3 Å². The van der Waals surface area contributed by atoms with E-state index in [0.29, 0.717) is 17.2 Å². The first-order valence-corrected chi connectivity index (χ1v) is 5.71. The summed E-state index contributed by atoms with van der Waals surface area (Å²) in [6.45, 7) is 1.65. The summed E-state index contributed by atoms with van der Waals surface area (Å²) in [5.74, 6) is 0.197. The normalized spacial score (nSPS) is 12.2. The number of aliphatic hydroxyl groups excluding tert-OH is 1. The zero-order valence-electron chi connectivity index (χ0n) is 9.60. The number of nitrogens with zero attached hydrogens (tertiary/aromatic N) is 1. The Morgan fingerprint density at radius 1 is 1.33 bits per heavy atom. The van der Waals surface area contributed by atoms with Crippen LogP contribution in [0.25, 0.3) is 0 Å². The van der Waals surface area contributed by atoms with Crippen molar-refractivity contribution in [1.29, 1.82) is 0 Å². The third-order valence-corrected chi connectivity index (χ3v) is 2.64. The predicted molar refractivity (Wildman–Crippen MR) is 66.4 cm³/mol. The quantitative estimate of drug-likeness (QED) is 0.922. The van der Waals surface area contributed by atoms with Crippen LogP contribution in [-0.4, -0.2) is 10.1 Å². The Bertz CT molecular complexity index is 560. The lowest BCUT2D eigenvalue weighted by molar-refractivity contribution is 0.198. The third-order valence-electron chi connectivity index (χ3n) is 2.35. The van der Waals surface area contributed by atoms with Gasteiger partial charge in [-0.05, 0) is 30.7 Å². The second-order valence-corrected chi connectivity index (χ2v) is 4.19. The van der Waals surface area contributed by atoms with Crippen molar-refractivity contribution in [3.8, 4) is 11.6 Å². The summed E-state index contributed by atoms with van der Waals surface area (Å²) in [5, 5.41) is 9.43. The van der Waals surface area contributed by atoms with E-state index in [-0.39, 0.29) is 5.02 Å². The van der Waals surface area contributed by atoms with Gasteiger partial charge in [0.1, 0.15) is 11.6 Å². The van der Waals surface area contributed by atoms with Crippen LogP contribution in [0.3, 0.4) is 0 Å². The molecule has 2 aromatic rings. The molecule has 1 aromatic heterocycles. The minimum atomic E-state index is -0.604. The van der Waals surface area contributed by atoms with Gasteiger partial charge in [0.2, 0.25) is 5.88 Å². The monoisotopic (exact) mass is 267 g/mol. The maximum Gasteiger partial charge on any atom is 0.219 e. The van der Waals surface area contributed by atoms with Crippen LogP contribution in [0.2, 0.25) is 5.02 Å². The van der Waals surface area contributed by atoms with Crippen LogP contribution in [0, 0.1) is 5.82 Å². The van der Waals surface area contributed by atoms with Crippen molar-refractivity contribution in [2.45, 2.75) is 13.0 Å². The van der Waals surface area contributed by atoms with E-state index in [4.69, 9.17) is 16.3 Å². The van der Waals surface area contributed by atoms with Crippen molar-refractivity contribution in [2.24, 2.45) is 0 Å². The minimum absolute atomic E-state index is 0.0146. The van der Waals surface area contributed by atoms with Crippen LogP contribution in [0.1, 0.15) is 18.6 Å². The van der Waals surface area contributed by atoms with Gasteiger partial charge >= 0.3 is 0 Å². The van der Waals surface area contributed by atoms with Gasteiger partial charge in [0.15, 0.2) is 0 Å². The Labute approximate surface area is 109 Å². The van der Waals surface area contributed by atoms with Crippen molar-refractivity contribution in [3.05, 3.63) is 52.9 Å². The Kier molecular flexibility index (Phi) is 3.79. The fraction of sp³-hybridized carbons (Fsp3) is 0.154. The van der Waals surface area contributed by atoms with Crippen molar-refractivity contribution in [3.63, 3.8) is 0 Å². The SMILES string of the molecule is C[C@H](O)c1ccnc(Oc2ccc(F)c(Cl)c2)c1. The number of halogens is 2. The second-order valence-electron chi connectivity index (χ2n) is 3.78.